The number of Topliss-reactive ketones (excluding diaryl/α,β-unsaturated/α-hetero) is 1. The molecule has 25 heavy (non-hydrogen) atoms. The number of carbonyl (C=O) groups excluding carboxylic acids is 1. The van der Waals surface area contributed by atoms with Crippen LogP contribution in [0.3, 0.4) is 0 Å². The first-order valence-corrected chi connectivity index (χ1v) is 9.23. The fourth-order valence-electron chi connectivity index (χ4n) is 3.69. The van der Waals surface area contributed by atoms with E-state index in [0.717, 1.165) is 55.4 Å². The Bertz CT molecular complexity index is 737. The van der Waals surface area contributed by atoms with Crippen LogP contribution in [0.15, 0.2) is 30.3 Å². The number of aromatic nitrogens is 1. The Balaban J connectivity index is 1.76. The van der Waals surface area contributed by atoms with Crippen LogP contribution >= 0.6 is 0 Å². The zero-order valence-electron chi connectivity index (χ0n) is 15.9. The lowest BCUT2D eigenvalue weighted by molar-refractivity contribution is 0.0858. The molecule has 0 spiro atoms. The fraction of sp³-hybridized carbons (Fsp3) is 0.476. The van der Waals surface area contributed by atoms with Crippen molar-refractivity contribution >= 4 is 5.78 Å². The molecule has 0 saturated carbocycles. The van der Waals surface area contributed by atoms with Crippen LogP contribution in [0.25, 0.3) is 5.69 Å². The van der Waals surface area contributed by atoms with E-state index < -0.39 is 0 Å². The van der Waals surface area contributed by atoms with Crippen molar-refractivity contribution in [2.75, 3.05) is 39.3 Å². The molecule has 134 valence electrons. The van der Waals surface area contributed by atoms with Gasteiger partial charge < -0.3 is 9.47 Å². The molecule has 0 aliphatic carbocycles. The number of hydrogen-bond acceptors (Lipinski definition) is 3. The van der Waals surface area contributed by atoms with Crippen LogP contribution in [0.1, 0.15) is 34.2 Å². The van der Waals surface area contributed by atoms with Gasteiger partial charge in [-0.15, -0.1) is 0 Å². The van der Waals surface area contributed by atoms with Crippen molar-refractivity contribution < 1.29 is 4.79 Å². The van der Waals surface area contributed by atoms with Crippen LogP contribution < -0.4 is 0 Å². The van der Waals surface area contributed by atoms with Gasteiger partial charge in [0, 0.05) is 48.8 Å². The third-order valence-corrected chi connectivity index (χ3v) is 5.30. The van der Waals surface area contributed by atoms with Gasteiger partial charge in [-0.2, -0.15) is 0 Å². The SMILES string of the molecule is CCN1CCN(CC(=O)c2cc(C)n(-c3ccc(C)cc3)c2C)CC1. The quantitative estimate of drug-likeness (QED) is 0.783. The van der Waals surface area contributed by atoms with E-state index >= 15 is 0 Å². The van der Waals surface area contributed by atoms with Crippen molar-refractivity contribution in [3.63, 3.8) is 0 Å². The van der Waals surface area contributed by atoms with Gasteiger partial charge in [-0.1, -0.05) is 24.6 Å². The van der Waals surface area contributed by atoms with Crippen LogP contribution in [0, 0.1) is 20.8 Å². The van der Waals surface area contributed by atoms with Gasteiger partial charge in [-0.25, -0.2) is 0 Å². The predicted octanol–water partition coefficient (Wildman–Crippen LogP) is 3.22. The average Bonchev–Trinajstić information content (AvgIpc) is 2.91. The van der Waals surface area contributed by atoms with Crippen molar-refractivity contribution in [3.05, 3.63) is 52.8 Å². The molecule has 2 heterocycles. The molecule has 2 aromatic rings. The van der Waals surface area contributed by atoms with Crippen LogP contribution in [0.4, 0.5) is 0 Å². The first-order valence-electron chi connectivity index (χ1n) is 9.23. The number of rotatable bonds is 5. The van der Waals surface area contributed by atoms with Crippen molar-refractivity contribution in [1.82, 2.24) is 14.4 Å². The molecule has 0 unspecified atom stereocenters. The molecular weight excluding hydrogens is 310 g/mol. The van der Waals surface area contributed by atoms with Crippen LogP contribution in [0.5, 0.6) is 0 Å². The monoisotopic (exact) mass is 339 g/mol. The highest BCUT2D eigenvalue weighted by atomic mass is 16.1. The third-order valence-electron chi connectivity index (χ3n) is 5.30. The summed E-state index contributed by atoms with van der Waals surface area (Å²) in [6.45, 7) is 14.1. The highest BCUT2D eigenvalue weighted by Gasteiger charge is 2.21. The fourth-order valence-corrected chi connectivity index (χ4v) is 3.69. The molecule has 0 radical (unpaired) electrons. The van der Waals surface area contributed by atoms with E-state index in [1.165, 1.54) is 5.56 Å². The second kappa shape index (κ2) is 7.54. The van der Waals surface area contributed by atoms with Crippen molar-refractivity contribution in [3.8, 4) is 5.69 Å². The number of ketones is 1. The van der Waals surface area contributed by atoms with Gasteiger partial charge in [0.05, 0.1) is 6.54 Å². The largest absolute Gasteiger partial charge is 0.318 e. The molecule has 3 rings (SSSR count). The molecule has 4 heteroatoms. The maximum Gasteiger partial charge on any atom is 0.178 e. The molecule has 0 bridgehead atoms. The topological polar surface area (TPSA) is 28.5 Å². The Labute approximate surface area is 151 Å². The standard InChI is InChI=1S/C21H29N3O/c1-5-22-10-12-23(13-11-22)15-21(25)20-14-17(3)24(18(20)4)19-8-6-16(2)7-9-19/h6-9,14H,5,10-13,15H2,1-4H3. The Hall–Kier alpha value is -1.91. The lowest BCUT2D eigenvalue weighted by atomic mass is 10.1. The molecule has 1 saturated heterocycles. The van der Waals surface area contributed by atoms with E-state index in [-0.39, 0.29) is 5.78 Å². The number of hydrogen-bond donors (Lipinski definition) is 0. The van der Waals surface area contributed by atoms with E-state index in [4.69, 9.17) is 0 Å². The zero-order chi connectivity index (χ0) is 18.0. The van der Waals surface area contributed by atoms with Crippen molar-refractivity contribution in [1.29, 1.82) is 0 Å². The number of benzene rings is 1. The average molecular weight is 339 g/mol. The second-order valence-electron chi connectivity index (χ2n) is 7.09. The third kappa shape index (κ3) is 3.86. The Morgan fingerprint density at radius 2 is 1.56 bits per heavy atom. The number of nitrogens with zero attached hydrogens (tertiary/aromatic N) is 3. The van der Waals surface area contributed by atoms with Gasteiger partial charge in [0.25, 0.3) is 0 Å². The smallest absolute Gasteiger partial charge is 0.178 e. The summed E-state index contributed by atoms with van der Waals surface area (Å²) < 4.78 is 2.18. The maximum atomic E-state index is 12.9. The summed E-state index contributed by atoms with van der Waals surface area (Å²) in [6, 6.07) is 10.5. The molecule has 4 nitrogen and oxygen atoms in total. The lowest BCUT2D eigenvalue weighted by Gasteiger charge is -2.33. The van der Waals surface area contributed by atoms with Crippen molar-refractivity contribution in [2.45, 2.75) is 27.7 Å². The predicted molar refractivity (Wildman–Crippen MR) is 103 cm³/mol. The van der Waals surface area contributed by atoms with Gasteiger partial charge >= 0.3 is 0 Å². The van der Waals surface area contributed by atoms with Gasteiger partial charge in [0.2, 0.25) is 0 Å². The molecule has 0 amide bonds. The number of piperazine rings is 1. The first kappa shape index (κ1) is 17.9. The molecule has 1 aromatic heterocycles. The number of carbonyl (C=O) groups is 1. The maximum absolute atomic E-state index is 12.9. The zero-order valence-corrected chi connectivity index (χ0v) is 15.9. The summed E-state index contributed by atoms with van der Waals surface area (Å²) in [5, 5.41) is 0. The Morgan fingerprint density at radius 1 is 0.960 bits per heavy atom. The molecule has 1 aromatic carbocycles. The van der Waals surface area contributed by atoms with Crippen LogP contribution in [-0.2, 0) is 0 Å². The minimum Gasteiger partial charge on any atom is -0.318 e. The summed E-state index contributed by atoms with van der Waals surface area (Å²) in [6.07, 6.45) is 0. The van der Waals surface area contributed by atoms with Crippen LogP contribution in [-0.4, -0.2) is 59.4 Å². The Kier molecular flexibility index (Phi) is 5.40. The molecule has 1 fully saturated rings. The number of aryl methyl sites for hydroxylation is 2. The van der Waals surface area contributed by atoms with Gasteiger partial charge in [-0.05, 0) is 45.5 Å². The molecular formula is C21H29N3O. The normalized spacial score (nSPS) is 16.3. The molecule has 1 aliphatic heterocycles. The number of likely N-dealkylation sites (N-methyl/N-ethyl adjacent to an activating group) is 1. The van der Waals surface area contributed by atoms with E-state index in [1.54, 1.807) is 0 Å². The lowest BCUT2D eigenvalue weighted by Crippen LogP contribution is -2.47. The van der Waals surface area contributed by atoms with E-state index in [1.807, 2.05) is 6.07 Å². The van der Waals surface area contributed by atoms with E-state index in [9.17, 15) is 4.79 Å². The van der Waals surface area contributed by atoms with Crippen LogP contribution in [0.2, 0.25) is 0 Å². The summed E-state index contributed by atoms with van der Waals surface area (Å²) in [4.78, 5) is 17.6. The summed E-state index contributed by atoms with van der Waals surface area (Å²) in [5.74, 6) is 0.233. The van der Waals surface area contributed by atoms with Crippen molar-refractivity contribution in [2.24, 2.45) is 0 Å². The molecule has 1 aliphatic rings. The first-order chi connectivity index (χ1) is 12.0. The molecule has 0 atom stereocenters. The Morgan fingerprint density at radius 3 is 2.16 bits per heavy atom. The highest BCUT2D eigenvalue weighted by molar-refractivity contribution is 5.99. The minimum absolute atomic E-state index is 0.233. The molecule has 0 N–H and O–H groups in total. The summed E-state index contributed by atoms with van der Waals surface area (Å²) in [5.41, 5.74) is 5.37. The summed E-state index contributed by atoms with van der Waals surface area (Å²) in [7, 11) is 0. The highest BCUT2D eigenvalue weighted by Crippen LogP contribution is 2.22. The van der Waals surface area contributed by atoms with E-state index in [2.05, 4.69) is 66.3 Å². The van der Waals surface area contributed by atoms with Gasteiger partial charge in [-0.3, -0.25) is 9.69 Å². The van der Waals surface area contributed by atoms with E-state index in [0.29, 0.717) is 6.54 Å². The summed E-state index contributed by atoms with van der Waals surface area (Å²) >= 11 is 0. The second-order valence-corrected chi connectivity index (χ2v) is 7.09. The van der Waals surface area contributed by atoms with Gasteiger partial charge in [0.1, 0.15) is 0 Å². The minimum atomic E-state index is 0.233. The van der Waals surface area contributed by atoms with Gasteiger partial charge in [0.15, 0.2) is 5.78 Å².